The summed E-state index contributed by atoms with van der Waals surface area (Å²) in [6.45, 7) is 3.90. The summed E-state index contributed by atoms with van der Waals surface area (Å²) in [5, 5.41) is 12.5. The van der Waals surface area contributed by atoms with E-state index in [1.54, 1.807) is 19.2 Å². The van der Waals surface area contributed by atoms with Crippen LogP contribution in [0.3, 0.4) is 0 Å². The van der Waals surface area contributed by atoms with Crippen molar-refractivity contribution >= 4 is 39.7 Å². The van der Waals surface area contributed by atoms with E-state index in [1.165, 1.54) is 24.2 Å². The highest BCUT2D eigenvalue weighted by Crippen LogP contribution is 2.30. The Hall–Kier alpha value is -1.70. The van der Waals surface area contributed by atoms with Gasteiger partial charge in [-0.15, -0.1) is 10.2 Å². The molecule has 2 heterocycles. The van der Waals surface area contributed by atoms with Gasteiger partial charge in [-0.25, -0.2) is 0 Å². The van der Waals surface area contributed by atoms with Crippen molar-refractivity contribution in [1.82, 2.24) is 10.2 Å². The predicted octanol–water partition coefficient (Wildman–Crippen LogP) is 3.75. The Morgan fingerprint density at radius 1 is 1.38 bits per heavy atom. The largest absolute Gasteiger partial charge is 0.374 e. The van der Waals surface area contributed by atoms with Gasteiger partial charge in [0.2, 0.25) is 5.13 Å². The number of carbonyl (C=O) groups excluding carboxylic acids is 1. The third kappa shape index (κ3) is 3.68. The zero-order valence-electron chi connectivity index (χ0n) is 13.6. The molecule has 0 radical (unpaired) electrons. The monoisotopic (exact) mass is 366 g/mol. The maximum atomic E-state index is 12.4. The van der Waals surface area contributed by atoms with E-state index >= 15 is 0 Å². The topological polar surface area (TPSA) is 67.4 Å². The highest BCUT2D eigenvalue weighted by Gasteiger charge is 2.18. The predicted molar refractivity (Wildman–Crippen MR) is 96.2 cm³/mol. The zero-order chi connectivity index (χ0) is 17.1. The molecule has 1 fully saturated rings. The number of methoxy groups -OCH3 is 1. The van der Waals surface area contributed by atoms with Crippen LogP contribution in [0.2, 0.25) is 5.02 Å². The Labute approximate surface area is 149 Å². The van der Waals surface area contributed by atoms with E-state index in [1.807, 2.05) is 13.0 Å². The molecule has 1 atom stereocenters. The number of halogens is 1. The molecular weight excluding hydrogens is 348 g/mol. The number of nitrogens with zero attached hydrogens (tertiary/aromatic N) is 3. The number of benzene rings is 1. The van der Waals surface area contributed by atoms with Crippen molar-refractivity contribution in [2.75, 3.05) is 30.4 Å². The molecule has 0 saturated carbocycles. The maximum Gasteiger partial charge on any atom is 0.257 e. The van der Waals surface area contributed by atoms with Crippen molar-refractivity contribution in [3.8, 4) is 0 Å². The fourth-order valence-corrected chi connectivity index (χ4v) is 3.65. The molecule has 0 spiro atoms. The van der Waals surface area contributed by atoms with Crippen LogP contribution in [0.5, 0.6) is 0 Å². The minimum atomic E-state index is -0.252. The van der Waals surface area contributed by atoms with Gasteiger partial charge >= 0.3 is 0 Å². The third-order valence-corrected chi connectivity index (χ3v) is 5.32. The second-order valence-electron chi connectivity index (χ2n) is 5.64. The number of aromatic nitrogens is 2. The average Bonchev–Trinajstić information content (AvgIpc) is 3.25. The van der Waals surface area contributed by atoms with Crippen LogP contribution >= 0.6 is 22.9 Å². The normalized spacial score (nSPS) is 15.5. The van der Waals surface area contributed by atoms with Crippen LogP contribution in [0.25, 0.3) is 0 Å². The SMILES string of the molecule is COC(C)c1nnc(NC(=O)c2ccc(N3CCCC3)c(Cl)c2)s1. The Morgan fingerprint density at radius 2 is 2.12 bits per heavy atom. The number of rotatable bonds is 5. The van der Waals surface area contributed by atoms with Crippen LogP contribution in [-0.4, -0.2) is 36.3 Å². The van der Waals surface area contributed by atoms with Crippen molar-refractivity contribution in [1.29, 1.82) is 0 Å². The van der Waals surface area contributed by atoms with Crippen molar-refractivity contribution in [2.24, 2.45) is 0 Å². The first-order chi connectivity index (χ1) is 11.6. The number of anilines is 2. The van der Waals surface area contributed by atoms with E-state index < -0.39 is 0 Å². The molecule has 0 bridgehead atoms. The molecular formula is C16H19ClN4O2S. The van der Waals surface area contributed by atoms with E-state index in [0.29, 0.717) is 15.7 Å². The lowest BCUT2D eigenvalue weighted by Gasteiger charge is -2.19. The second kappa shape index (κ2) is 7.46. The number of ether oxygens (including phenoxy) is 1. The Bertz CT molecular complexity index is 731. The van der Waals surface area contributed by atoms with E-state index in [9.17, 15) is 4.79 Å². The van der Waals surface area contributed by atoms with Crippen LogP contribution in [0.4, 0.5) is 10.8 Å². The van der Waals surface area contributed by atoms with Gasteiger partial charge in [-0.3, -0.25) is 10.1 Å². The van der Waals surface area contributed by atoms with Gasteiger partial charge in [0, 0.05) is 25.8 Å². The minimum absolute atomic E-state index is 0.151. The number of hydrogen-bond donors (Lipinski definition) is 1. The molecule has 0 aliphatic carbocycles. The number of amides is 1. The molecule has 6 nitrogen and oxygen atoms in total. The molecule has 2 aromatic rings. The van der Waals surface area contributed by atoms with Gasteiger partial charge in [0.1, 0.15) is 11.1 Å². The summed E-state index contributed by atoms with van der Waals surface area (Å²) in [4.78, 5) is 14.6. The maximum absolute atomic E-state index is 12.4. The fraction of sp³-hybridized carbons (Fsp3) is 0.438. The van der Waals surface area contributed by atoms with Gasteiger partial charge in [-0.2, -0.15) is 0 Å². The number of nitrogens with one attached hydrogen (secondary N) is 1. The summed E-state index contributed by atoms with van der Waals surface area (Å²) in [6.07, 6.45) is 2.21. The average molecular weight is 367 g/mol. The first-order valence-corrected chi connectivity index (χ1v) is 9.00. The summed E-state index contributed by atoms with van der Waals surface area (Å²) in [7, 11) is 1.61. The lowest BCUT2D eigenvalue weighted by atomic mass is 10.2. The molecule has 1 aliphatic rings. The van der Waals surface area contributed by atoms with Crippen LogP contribution < -0.4 is 10.2 Å². The summed E-state index contributed by atoms with van der Waals surface area (Å²) < 4.78 is 5.19. The summed E-state index contributed by atoms with van der Waals surface area (Å²) in [6, 6.07) is 5.39. The summed E-state index contributed by atoms with van der Waals surface area (Å²) in [5.74, 6) is -0.252. The van der Waals surface area contributed by atoms with E-state index in [-0.39, 0.29) is 12.0 Å². The Kier molecular flexibility index (Phi) is 5.33. The molecule has 8 heteroatoms. The van der Waals surface area contributed by atoms with Gasteiger partial charge in [-0.05, 0) is 38.0 Å². The van der Waals surface area contributed by atoms with Gasteiger partial charge in [-0.1, -0.05) is 22.9 Å². The van der Waals surface area contributed by atoms with Crippen LogP contribution in [-0.2, 0) is 4.74 Å². The minimum Gasteiger partial charge on any atom is -0.374 e. The van der Waals surface area contributed by atoms with Crippen molar-refractivity contribution in [3.63, 3.8) is 0 Å². The van der Waals surface area contributed by atoms with E-state index in [0.717, 1.165) is 23.8 Å². The van der Waals surface area contributed by atoms with Crippen LogP contribution in [0, 0.1) is 0 Å². The quantitative estimate of drug-likeness (QED) is 0.872. The molecule has 1 unspecified atom stereocenters. The lowest BCUT2D eigenvalue weighted by molar-refractivity contribution is 0.102. The Balaban J connectivity index is 1.70. The fourth-order valence-electron chi connectivity index (χ4n) is 2.58. The molecule has 1 N–H and O–H groups in total. The van der Waals surface area contributed by atoms with Gasteiger partial charge in [0.05, 0.1) is 10.7 Å². The summed E-state index contributed by atoms with van der Waals surface area (Å²) in [5.41, 5.74) is 1.48. The Morgan fingerprint density at radius 3 is 2.79 bits per heavy atom. The molecule has 1 aliphatic heterocycles. The highest BCUT2D eigenvalue weighted by molar-refractivity contribution is 7.15. The smallest absolute Gasteiger partial charge is 0.257 e. The molecule has 1 saturated heterocycles. The first-order valence-electron chi connectivity index (χ1n) is 7.80. The highest BCUT2D eigenvalue weighted by atomic mass is 35.5. The van der Waals surface area contributed by atoms with Gasteiger partial charge in [0.25, 0.3) is 5.91 Å². The van der Waals surface area contributed by atoms with Crippen LogP contribution in [0.1, 0.15) is 41.2 Å². The van der Waals surface area contributed by atoms with Crippen molar-refractivity contribution in [2.45, 2.75) is 25.9 Å². The summed E-state index contributed by atoms with van der Waals surface area (Å²) >= 11 is 7.65. The molecule has 1 aromatic heterocycles. The molecule has 3 rings (SSSR count). The lowest BCUT2D eigenvalue weighted by Crippen LogP contribution is -2.18. The standard InChI is InChI=1S/C16H19ClN4O2S/c1-10(23-2)15-19-20-16(24-15)18-14(22)11-5-6-13(12(17)9-11)21-7-3-4-8-21/h5-6,9-10H,3-4,7-8H2,1-2H3,(H,18,20,22). The van der Waals surface area contributed by atoms with Crippen molar-refractivity contribution in [3.05, 3.63) is 33.8 Å². The molecule has 1 aromatic carbocycles. The number of hydrogen-bond acceptors (Lipinski definition) is 6. The molecule has 128 valence electrons. The van der Waals surface area contributed by atoms with E-state index in [4.69, 9.17) is 16.3 Å². The van der Waals surface area contributed by atoms with E-state index in [2.05, 4.69) is 20.4 Å². The number of carbonyl (C=O) groups is 1. The molecule has 24 heavy (non-hydrogen) atoms. The second-order valence-corrected chi connectivity index (χ2v) is 7.05. The molecule has 1 amide bonds. The van der Waals surface area contributed by atoms with Crippen LogP contribution in [0.15, 0.2) is 18.2 Å². The van der Waals surface area contributed by atoms with Gasteiger partial charge < -0.3 is 9.64 Å². The van der Waals surface area contributed by atoms with Gasteiger partial charge in [0.15, 0.2) is 0 Å². The van der Waals surface area contributed by atoms with Crippen molar-refractivity contribution < 1.29 is 9.53 Å². The zero-order valence-corrected chi connectivity index (χ0v) is 15.2. The third-order valence-electron chi connectivity index (χ3n) is 4.02. The first kappa shape index (κ1) is 17.1.